The van der Waals surface area contributed by atoms with Crippen LogP contribution in [0.5, 0.6) is 0 Å². The summed E-state index contributed by atoms with van der Waals surface area (Å²) < 4.78 is 4.37. The predicted octanol–water partition coefficient (Wildman–Crippen LogP) is 2.89. The van der Waals surface area contributed by atoms with Crippen molar-refractivity contribution in [2.45, 2.75) is 10.3 Å². The molecule has 7 nitrogen and oxygen atoms in total. The van der Waals surface area contributed by atoms with Gasteiger partial charge >= 0.3 is 83.5 Å². The molecule has 0 aromatic carbocycles. The molecule has 2 heterocycles. The van der Waals surface area contributed by atoms with Gasteiger partial charge in [0.2, 0.25) is 0 Å². The van der Waals surface area contributed by atoms with Crippen LogP contribution in [0.2, 0.25) is 0 Å². The van der Waals surface area contributed by atoms with Gasteiger partial charge in [-0.3, -0.25) is 0 Å². The Morgan fingerprint density at radius 3 is 2.15 bits per heavy atom. The molecular weight excluding hydrogens is 229 g/mol. The van der Waals surface area contributed by atoms with Crippen LogP contribution >= 0.6 is 29.9 Å². The molecular formula is C2H4BN7S3. The Balaban J connectivity index is 1.77. The van der Waals surface area contributed by atoms with Crippen LogP contribution in [-0.4, -0.2) is 11.0 Å². The zero-order valence-electron chi connectivity index (χ0n) is 6.56. The first-order valence-electron chi connectivity index (χ1n) is 3.14. The minimum atomic E-state index is -0.870. The molecule has 0 radical (unpaired) electrons. The third kappa shape index (κ3) is 1.67. The van der Waals surface area contributed by atoms with Crippen LogP contribution in [0.4, 0.5) is 0 Å². The fourth-order valence-corrected chi connectivity index (χ4v) is 10.2. The average molecular weight is 233 g/mol. The number of fused-ring (bicyclic) bond motifs is 1. The standard InChI is InChI=1S/C2H4BN7S3/c1-2-11-13(2,12-2)10-9-8-7-6-5-4-3/h3H,1H3. The molecule has 0 unspecified atom stereocenters. The van der Waals surface area contributed by atoms with Gasteiger partial charge in [-0.05, 0) is 0 Å². The summed E-state index contributed by atoms with van der Waals surface area (Å²) in [5.41, 5.74) is 0. The molecule has 2 fully saturated rings. The summed E-state index contributed by atoms with van der Waals surface area (Å²) in [4.78, 5) is 0. The molecule has 0 saturated carbocycles. The predicted molar refractivity (Wildman–Crippen MR) is 55.3 cm³/mol. The van der Waals surface area contributed by atoms with Gasteiger partial charge in [0, 0.05) is 0 Å². The van der Waals surface area contributed by atoms with E-state index < -0.39 is 8.28 Å². The van der Waals surface area contributed by atoms with Gasteiger partial charge in [-0.2, -0.15) is 0 Å². The van der Waals surface area contributed by atoms with Gasteiger partial charge in [-0.25, -0.2) is 0 Å². The van der Waals surface area contributed by atoms with Gasteiger partial charge in [0.05, 0.1) is 0 Å². The van der Waals surface area contributed by atoms with Crippen LogP contribution in [0, 0.1) is 0 Å². The summed E-state index contributed by atoms with van der Waals surface area (Å²) in [7, 11) is 5.89. The summed E-state index contributed by atoms with van der Waals surface area (Å²) in [5, 5.41) is 19.4. The van der Waals surface area contributed by atoms with Crippen molar-refractivity contribution in [1.29, 1.82) is 0 Å². The monoisotopic (exact) mass is 233 g/mol. The molecule has 0 aromatic heterocycles. The molecule has 13 heavy (non-hydrogen) atoms. The molecule has 0 atom stereocenters. The van der Waals surface area contributed by atoms with Crippen LogP contribution in [0.25, 0.3) is 0 Å². The summed E-state index contributed by atoms with van der Waals surface area (Å²) in [6.45, 7) is 2.15. The molecule has 2 rings (SSSR count). The van der Waals surface area contributed by atoms with E-state index in [0.717, 1.165) is 0 Å². The van der Waals surface area contributed by atoms with Crippen LogP contribution < -0.4 is 0 Å². The van der Waals surface area contributed by atoms with Crippen molar-refractivity contribution in [3.05, 3.63) is 0 Å². The van der Waals surface area contributed by atoms with Gasteiger partial charge in [0.25, 0.3) is 0 Å². The van der Waals surface area contributed by atoms with E-state index in [4.69, 9.17) is 0 Å². The minimum absolute atomic E-state index is 0.330. The molecule has 0 N–H and O–H groups in total. The fraction of sp³-hybridized carbons (Fsp3) is 1.00. The Kier molecular flexibility index (Phi) is 2.24. The molecule has 2 aliphatic heterocycles. The second-order valence-electron chi connectivity index (χ2n) is 2.17. The molecule has 68 valence electrons. The fourth-order valence-electron chi connectivity index (χ4n) is 0.636. The Labute approximate surface area is 83.6 Å². The van der Waals surface area contributed by atoms with Gasteiger partial charge in [0.15, 0.2) is 0 Å². The van der Waals surface area contributed by atoms with E-state index in [1.165, 1.54) is 0 Å². The van der Waals surface area contributed by atoms with Crippen molar-refractivity contribution in [3.8, 4) is 0 Å². The van der Waals surface area contributed by atoms with E-state index in [1.54, 1.807) is 0 Å². The van der Waals surface area contributed by atoms with E-state index in [-0.39, 0.29) is 0 Å². The van der Waals surface area contributed by atoms with Gasteiger partial charge < -0.3 is 0 Å². The zero-order chi connectivity index (χ0) is 9.36. The average Bonchev–Trinajstić information content (AvgIpc) is 2.82. The van der Waals surface area contributed by atoms with E-state index in [0.29, 0.717) is 3.41 Å². The Morgan fingerprint density at radius 1 is 1.08 bits per heavy atom. The Bertz CT molecular complexity index is 318. The number of nitrogens with zero attached hydrogens (tertiary/aromatic N) is 7. The SMILES string of the molecule is B=NN=NN=NN=NS12SC1(C)S2. The number of hydrogen-bond donors (Lipinski definition) is 0. The van der Waals surface area contributed by atoms with Gasteiger partial charge in [0.1, 0.15) is 0 Å². The summed E-state index contributed by atoms with van der Waals surface area (Å²) in [6.07, 6.45) is 0. The molecule has 2 saturated heterocycles. The van der Waals surface area contributed by atoms with Crippen molar-refractivity contribution >= 4 is 37.5 Å². The zero-order valence-corrected chi connectivity index (χ0v) is 9.01. The van der Waals surface area contributed by atoms with Crippen LogP contribution in [-0.2, 0) is 0 Å². The second-order valence-corrected chi connectivity index (χ2v) is 11.4. The molecule has 2 aliphatic rings. The molecule has 0 aromatic rings. The van der Waals surface area contributed by atoms with Crippen LogP contribution in [0.15, 0.2) is 35.6 Å². The Morgan fingerprint density at radius 2 is 1.62 bits per heavy atom. The van der Waals surface area contributed by atoms with Gasteiger partial charge in [-0.1, -0.05) is 0 Å². The van der Waals surface area contributed by atoms with Crippen molar-refractivity contribution in [1.82, 2.24) is 0 Å². The number of rotatable bonds is 4. The molecule has 0 bridgehead atoms. The van der Waals surface area contributed by atoms with Crippen molar-refractivity contribution in [2.75, 3.05) is 0 Å². The molecule has 11 heteroatoms. The first kappa shape index (κ1) is 9.28. The van der Waals surface area contributed by atoms with Crippen molar-refractivity contribution < 1.29 is 0 Å². The molecule has 0 aliphatic carbocycles. The van der Waals surface area contributed by atoms with Crippen LogP contribution in [0.1, 0.15) is 6.92 Å². The number of hydrogen-bond acceptors (Lipinski definition) is 4. The first-order valence-corrected chi connectivity index (χ1v) is 7.40. The van der Waals surface area contributed by atoms with E-state index in [1.807, 2.05) is 21.6 Å². The summed E-state index contributed by atoms with van der Waals surface area (Å²) in [6, 6.07) is 0. The van der Waals surface area contributed by atoms with Crippen LogP contribution in [0.3, 0.4) is 0 Å². The van der Waals surface area contributed by atoms with E-state index >= 15 is 0 Å². The summed E-state index contributed by atoms with van der Waals surface area (Å²) >= 11 is 0. The molecule has 0 amide bonds. The summed E-state index contributed by atoms with van der Waals surface area (Å²) in [5.74, 6) is 0. The maximum absolute atomic E-state index is 4.04. The quantitative estimate of drug-likeness (QED) is 0.246. The van der Waals surface area contributed by atoms with Crippen molar-refractivity contribution in [2.24, 2.45) is 35.6 Å². The third-order valence-corrected chi connectivity index (χ3v) is 12.7. The molecule has 0 spiro atoms. The van der Waals surface area contributed by atoms with Gasteiger partial charge in [-0.15, -0.1) is 0 Å². The first-order chi connectivity index (χ1) is 6.22. The van der Waals surface area contributed by atoms with E-state index in [9.17, 15) is 0 Å². The third-order valence-electron chi connectivity index (χ3n) is 1.31. The van der Waals surface area contributed by atoms with E-state index in [2.05, 4.69) is 50.2 Å². The topological polar surface area (TPSA) is 86.5 Å². The maximum atomic E-state index is 4.04. The normalized spacial score (nSPS) is 46.5. The second kappa shape index (κ2) is 3.13. The van der Waals surface area contributed by atoms with Crippen molar-refractivity contribution in [3.63, 3.8) is 0 Å². The Hall–Kier alpha value is -0.285.